The molecular weight excluding hydrogens is 206 g/mol. The first-order valence-corrected chi connectivity index (χ1v) is 6.28. The second-order valence-corrected chi connectivity index (χ2v) is 4.66. The third-order valence-electron chi connectivity index (χ3n) is 3.22. The summed E-state index contributed by atoms with van der Waals surface area (Å²) in [5.41, 5.74) is 0. The van der Waals surface area contributed by atoms with E-state index in [4.69, 9.17) is 5.11 Å². The minimum atomic E-state index is -0.128. The maximum Gasteiger partial charge on any atom is 0.220 e. The van der Waals surface area contributed by atoms with Crippen LogP contribution in [-0.2, 0) is 4.79 Å². The van der Waals surface area contributed by atoms with E-state index in [0.29, 0.717) is 18.8 Å². The first kappa shape index (κ1) is 13.5. The van der Waals surface area contributed by atoms with Crippen molar-refractivity contribution in [3.05, 3.63) is 0 Å². The second-order valence-electron chi connectivity index (χ2n) is 4.66. The van der Waals surface area contributed by atoms with Crippen LogP contribution in [0.3, 0.4) is 0 Å². The molecule has 1 amide bonds. The van der Waals surface area contributed by atoms with Gasteiger partial charge in [-0.1, -0.05) is 0 Å². The van der Waals surface area contributed by atoms with Crippen molar-refractivity contribution in [3.8, 4) is 0 Å². The predicted octanol–water partition coefficient (Wildman–Crippen LogP) is 0.816. The largest absolute Gasteiger partial charge is 0.396 e. The SMILES string of the molecule is O=C(CCCCO)NCC1CCC(O)CC1. The fourth-order valence-corrected chi connectivity index (χ4v) is 2.09. The molecule has 94 valence electrons. The highest BCUT2D eigenvalue weighted by Gasteiger charge is 2.19. The van der Waals surface area contributed by atoms with E-state index < -0.39 is 0 Å². The van der Waals surface area contributed by atoms with Gasteiger partial charge in [0.15, 0.2) is 0 Å². The number of aliphatic hydroxyl groups excluding tert-OH is 2. The fraction of sp³-hybridized carbons (Fsp3) is 0.917. The number of rotatable bonds is 6. The maximum atomic E-state index is 11.4. The summed E-state index contributed by atoms with van der Waals surface area (Å²) >= 11 is 0. The van der Waals surface area contributed by atoms with Crippen LogP contribution < -0.4 is 5.32 Å². The van der Waals surface area contributed by atoms with E-state index in [1.807, 2.05) is 0 Å². The van der Waals surface area contributed by atoms with Gasteiger partial charge in [-0.15, -0.1) is 0 Å². The highest BCUT2D eigenvalue weighted by Crippen LogP contribution is 2.23. The van der Waals surface area contributed by atoms with Crippen molar-refractivity contribution in [2.75, 3.05) is 13.2 Å². The number of hydrogen-bond acceptors (Lipinski definition) is 3. The van der Waals surface area contributed by atoms with Crippen LogP contribution >= 0.6 is 0 Å². The Kier molecular flexibility index (Phi) is 6.42. The molecular formula is C12H23NO3. The zero-order valence-electron chi connectivity index (χ0n) is 9.82. The Bertz CT molecular complexity index is 200. The van der Waals surface area contributed by atoms with Crippen LogP contribution in [0.1, 0.15) is 44.9 Å². The van der Waals surface area contributed by atoms with Gasteiger partial charge in [-0.3, -0.25) is 4.79 Å². The lowest BCUT2D eigenvalue weighted by atomic mass is 9.87. The van der Waals surface area contributed by atoms with E-state index >= 15 is 0 Å². The van der Waals surface area contributed by atoms with Gasteiger partial charge < -0.3 is 15.5 Å². The minimum absolute atomic E-state index is 0.0829. The van der Waals surface area contributed by atoms with Crippen LogP contribution in [0, 0.1) is 5.92 Å². The fourth-order valence-electron chi connectivity index (χ4n) is 2.09. The van der Waals surface area contributed by atoms with E-state index in [2.05, 4.69) is 5.32 Å². The monoisotopic (exact) mass is 229 g/mol. The Balaban J connectivity index is 2.03. The molecule has 0 unspecified atom stereocenters. The summed E-state index contributed by atoms with van der Waals surface area (Å²) in [7, 11) is 0. The van der Waals surface area contributed by atoms with Crippen molar-refractivity contribution in [1.29, 1.82) is 0 Å². The molecule has 0 radical (unpaired) electrons. The van der Waals surface area contributed by atoms with Crippen LogP contribution in [0.5, 0.6) is 0 Å². The lowest BCUT2D eigenvalue weighted by Crippen LogP contribution is -2.31. The Morgan fingerprint density at radius 3 is 2.50 bits per heavy atom. The summed E-state index contributed by atoms with van der Waals surface area (Å²) in [6.07, 6.45) is 5.59. The molecule has 0 aliphatic heterocycles. The van der Waals surface area contributed by atoms with Crippen LogP contribution in [0.15, 0.2) is 0 Å². The Labute approximate surface area is 97.0 Å². The summed E-state index contributed by atoms with van der Waals surface area (Å²) in [4.78, 5) is 11.4. The van der Waals surface area contributed by atoms with Gasteiger partial charge in [0.05, 0.1) is 6.10 Å². The number of amides is 1. The van der Waals surface area contributed by atoms with Gasteiger partial charge in [-0.25, -0.2) is 0 Å². The molecule has 1 saturated carbocycles. The molecule has 16 heavy (non-hydrogen) atoms. The van der Waals surface area contributed by atoms with Crippen molar-refractivity contribution < 1.29 is 15.0 Å². The second kappa shape index (κ2) is 7.63. The number of carbonyl (C=O) groups excluding carboxylic acids is 1. The van der Waals surface area contributed by atoms with Crippen molar-refractivity contribution in [1.82, 2.24) is 5.32 Å². The van der Waals surface area contributed by atoms with Gasteiger partial charge in [0.1, 0.15) is 0 Å². The first-order chi connectivity index (χ1) is 7.72. The van der Waals surface area contributed by atoms with Gasteiger partial charge in [-0.2, -0.15) is 0 Å². The van der Waals surface area contributed by atoms with Gasteiger partial charge in [0.2, 0.25) is 5.91 Å². The topological polar surface area (TPSA) is 69.6 Å². The van der Waals surface area contributed by atoms with Crippen LogP contribution in [0.25, 0.3) is 0 Å². The number of aliphatic hydroxyl groups is 2. The molecule has 1 aliphatic rings. The summed E-state index contributed by atoms with van der Waals surface area (Å²) in [6, 6.07) is 0. The molecule has 1 fully saturated rings. The molecule has 0 atom stereocenters. The molecule has 1 aliphatic carbocycles. The normalized spacial score (nSPS) is 25.4. The van der Waals surface area contributed by atoms with E-state index in [9.17, 15) is 9.90 Å². The highest BCUT2D eigenvalue weighted by atomic mass is 16.3. The number of carbonyl (C=O) groups is 1. The van der Waals surface area contributed by atoms with Crippen molar-refractivity contribution in [3.63, 3.8) is 0 Å². The molecule has 0 bridgehead atoms. The van der Waals surface area contributed by atoms with Gasteiger partial charge in [0.25, 0.3) is 0 Å². The van der Waals surface area contributed by atoms with Crippen LogP contribution in [0.4, 0.5) is 0 Å². The molecule has 0 saturated heterocycles. The molecule has 1 rings (SSSR count). The van der Waals surface area contributed by atoms with E-state index in [-0.39, 0.29) is 18.6 Å². The standard InChI is InChI=1S/C12H23NO3/c14-8-2-1-3-12(16)13-9-10-4-6-11(15)7-5-10/h10-11,14-15H,1-9H2,(H,13,16). The minimum Gasteiger partial charge on any atom is -0.396 e. The zero-order valence-corrected chi connectivity index (χ0v) is 9.82. The van der Waals surface area contributed by atoms with Crippen LogP contribution in [-0.4, -0.2) is 35.4 Å². The zero-order chi connectivity index (χ0) is 11.8. The lowest BCUT2D eigenvalue weighted by Gasteiger charge is -2.25. The molecule has 4 nitrogen and oxygen atoms in total. The third kappa shape index (κ3) is 5.47. The van der Waals surface area contributed by atoms with E-state index in [1.165, 1.54) is 0 Å². The lowest BCUT2D eigenvalue weighted by molar-refractivity contribution is -0.121. The molecule has 0 aromatic heterocycles. The smallest absolute Gasteiger partial charge is 0.220 e. The molecule has 0 heterocycles. The molecule has 0 aromatic carbocycles. The Hall–Kier alpha value is -0.610. The summed E-state index contributed by atoms with van der Waals surface area (Å²) < 4.78 is 0. The predicted molar refractivity (Wildman–Crippen MR) is 61.9 cm³/mol. The Morgan fingerprint density at radius 1 is 1.19 bits per heavy atom. The van der Waals surface area contributed by atoms with Gasteiger partial charge in [-0.05, 0) is 44.4 Å². The van der Waals surface area contributed by atoms with Crippen molar-refractivity contribution >= 4 is 5.91 Å². The van der Waals surface area contributed by atoms with Gasteiger partial charge in [0, 0.05) is 19.6 Å². The molecule has 3 N–H and O–H groups in total. The summed E-state index contributed by atoms with van der Waals surface area (Å²) in [5, 5.41) is 20.8. The number of hydrogen-bond donors (Lipinski definition) is 3. The van der Waals surface area contributed by atoms with E-state index in [0.717, 1.165) is 38.6 Å². The average Bonchev–Trinajstić information content (AvgIpc) is 2.29. The number of unbranched alkanes of at least 4 members (excludes halogenated alkanes) is 1. The maximum absolute atomic E-state index is 11.4. The summed E-state index contributed by atoms with van der Waals surface area (Å²) in [6.45, 7) is 0.901. The van der Waals surface area contributed by atoms with Crippen LogP contribution in [0.2, 0.25) is 0 Å². The first-order valence-electron chi connectivity index (χ1n) is 6.28. The summed E-state index contributed by atoms with van der Waals surface area (Å²) in [5.74, 6) is 0.616. The van der Waals surface area contributed by atoms with Gasteiger partial charge >= 0.3 is 0 Å². The number of nitrogens with one attached hydrogen (secondary N) is 1. The average molecular weight is 229 g/mol. The molecule has 4 heteroatoms. The molecule has 0 aromatic rings. The highest BCUT2D eigenvalue weighted by molar-refractivity contribution is 5.75. The third-order valence-corrected chi connectivity index (χ3v) is 3.22. The van der Waals surface area contributed by atoms with Crippen molar-refractivity contribution in [2.45, 2.75) is 51.0 Å². The molecule has 0 spiro atoms. The van der Waals surface area contributed by atoms with E-state index in [1.54, 1.807) is 0 Å². The Morgan fingerprint density at radius 2 is 1.88 bits per heavy atom. The van der Waals surface area contributed by atoms with Crippen molar-refractivity contribution in [2.24, 2.45) is 5.92 Å². The quantitative estimate of drug-likeness (QED) is 0.590.